The Morgan fingerprint density at radius 3 is 2.26 bits per heavy atom. The van der Waals surface area contributed by atoms with Gasteiger partial charge in [-0.3, -0.25) is 9.78 Å². The second-order valence-electron chi connectivity index (χ2n) is 8.10. The Bertz CT molecular complexity index is 1150. The Balaban J connectivity index is 1.28. The van der Waals surface area contributed by atoms with E-state index in [-0.39, 0.29) is 11.9 Å². The predicted molar refractivity (Wildman–Crippen MR) is 137 cm³/mol. The average molecular weight is 498 g/mol. The summed E-state index contributed by atoms with van der Waals surface area (Å²) in [6, 6.07) is 15.4. The molecule has 3 amide bonds. The minimum atomic E-state index is -0.353. The zero-order chi connectivity index (χ0) is 23.9. The van der Waals surface area contributed by atoms with Crippen molar-refractivity contribution in [3.8, 4) is 0 Å². The van der Waals surface area contributed by atoms with Crippen molar-refractivity contribution in [2.45, 2.75) is 12.8 Å². The summed E-state index contributed by atoms with van der Waals surface area (Å²) in [5.41, 5.74) is 2.53. The van der Waals surface area contributed by atoms with Crippen molar-refractivity contribution < 1.29 is 9.59 Å². The van der Waals surface area contributed by atoms with Gasteiger partial charge in [-0.25, -0.2) is 4.79 Å². The SMILES string of the molecule is O=C(NCC1CCN(c2ccncc2)CC1)Nc1ccccc1NC(=O)c1ccc(Cl)c(Cl)c1. The topological polar surface area (TPSA) is 86.4 Å². The van der Waals surface area contributed by atoms with Crippen molar-refractivity contribution in [1.82, 2.24) is 10.3 Å². The van der Waals surface area contributed by atoms with Crippen molar-refractivity contribution in [3.63, 3.8) is 0 Å². The average Bonchev–Trinajstić information content (AvgIpc) is 2.86. The van der Waals surface area contributed by atoms with Crippen LogP contribution in [0.4, 0.5) is 21.9 Å². The van der Waals surface area contributed by atoms with Gasteiger partial charge in [0.2, 0.25) is 0 Å². The second kappa shape index (κ2) is 11.2. The summed E-state index contributed by atoms with van der Waals surface area (Å²) in [5, 5.41) is 9.28. The van der Waals surface area contributed by atoms with E-state index in [2.05, 4.69) is 25.8 Å². The Hall–Kier alpha value is -3.29. The molecule has 9 heteroatoms. The molecule has 1 aromatic heterocycles. The number of piperidine rings is 1. The first-order chi connectivity index (χ1) is 16.5. The van der Waals surface area contributed by atoms with E-state index in [0.29, 0.717) is 39.4 Å². The molecule has 2 heterocycles. The molecule has 1 saturated heterocycles. The van der Waals surface area contributed by atoms with E-state index in [1.165, 1.54) is 11.8 Å². The molecule has 1 aliphatic heterocycles. The van der Waals surface area contributed by atoms with Crippen LogP contribution in [0.1, 0.15) is 23.2 Å². The van der Waals surface area contributed by atoms with E-state index in [1.54, 1.807) is 48.8 Å². The molecule has 7 nitrogen and oxygen atoms in total. The molecular formula is C25H25Cl2N5O2. The third-order valence-electron chi connectivity index (χ3n) is 5.80. The number of carbonyl (C=O) groups is 2. The van der Waals surface area contributed by atoms with Gasteiger partial charge in [0, 0.05) is 43.3 Å². The number of para-hydroxylation sites is 2. The highest BCUT2D eigenvalue weighted by molar-refractivity contribution is 6.42. The van der Waals surface area contributed by atoms with E-state index >= 15 is 0 Å². The fourth-order valence-electron chi connectivity index (χ4n) is 3.89. The van der Waals surface area contributed by atoms with Gasteiger partial charge < -0.3 is 20.9 Å². The van der Waals surface area contributed by atoms with Crippen molar-refractivity contribution in [2.24, 2.45) is 5.92 Å². The molecule has 176 valence electrons. The lowest BCUT2D eigenvalue weighted by atomic mass is 9.96. The van der Waals surface area contributed by atoms with E-state index in [1.807, 2.05) is 12.1 Å². The highest BCUT2D eigenvalue weighted by Gasteiger charge is 2.20. The number of urea groups is 1. The van der Waals surface area contributed by atoms with Crippen molar-refractivity contribution in [3.05, 3.63) is 82.6 Å². The van der Waals surface area contributed by atoms with Gasteiger partial charge in [-0.15, -0.1) is 0 Å². The predicted octanol–water partition coefficient (Wildman–Crippen LogP) is 5.68. The van der Waals surface area contributed by atoms with Gasteiger partial charge in [0.05, 0.1) is 21.4 Å². The smallest absolute Gasteiger partial charge is 0.319 e. The number of benzene rings is 2. The first-order valence-electron chi connectivity index (χ1n) is 11.0. The largest absolute Gasteiger partial charge is 0.371 e. The van der Waals surface area contributed by atoms with Gasteiger partial charge in [-0.2, -0.15) is 0 Å². The molecule has 0 spiro atoms. The maximum atomic E-state index is 12.6. The Morgan fingerprint density at radius 1 is 0.912 bits per heavy atom. The number of carbonyl (C=O) groups excluding carboxylic acids is 2. The highest BCUT2D eigenvalue weighted by atomic mass is 35.5. The molecule has 0 unspecified atom stereocenters. The minimum absolute atomic E-state index is 0.298. The fraction of sp³-hybridized carbons (Fsp3) is 0.240. The summed E-state index contributed by atoms with van der Waals surface area (Å²) >= 11 is 11.9. The molecule has 34 heavy (non-hydrogen) atoms. The maximum Gasteiger partial charge on any atom is 0.319 e. The standard InChI is InChI=1S/C25H25Cl2N5O2/c26-20-6-5-18(15-21(20)27)24(33)30-22-3-1-2-4-23(22)31-25(34)29-16-17-9-13-32(14-10-17)19-7-11-28-12-8-19/h1-8,11-12,15,17H,9-10,13-14,16H2,(H,30,33)(H2,29,31,34). The molecule has 0 bridgehead atoms. The lowest BCUT2D eigenvalue weighted by molar-refractivity contribution is 0.102. The van der Waals surface area contributed by atoms with Crippen molar-refractivity contribution in [2.75, 3.05) is 35.2 Å². The first kappa shape index (κ1) is 23.9. The molecule has 1 fully saturated rings. The van der Waals surface area contributed by atoms with Gasteiger partial charge >= 0.3 is 6.03 Å². The first-order valence-corrected chi connectivity index (χ1v) is 11.8. The number of nitrogens with zero attached hydrogens (tertiary/aromatic N) is 2. The van der Waals surface area contributed by atoms with Crippen LogP contribution in [0.5, 0.6) is 0 Å². The third-order valence-corrected chi connectivity index (χ3v) is 6.54. The van der Waals surface area contributed by atoms with E-state index in [0.717, 1.165) is 25.9 Å². The lowest BCUT2D eigenvalue weighted by Gasteiger charge is -2.33. The quantitative estimate of drug-likeness (QED) is 0.408. The van der Waals surface area contributed by atoms with Crippen LogP contribution in [0.25, 0.3) is 0 Å². The second-order valence-corrected chi connectivity index (χ2v) is 8.91. The fourth-order valence-corrected chi connectivity index (χ4v) is 4.18. The van der Waals surface area contributed by atoms with Crippen LogP contribution >= 0.6 is 23.2 Å². The summed E-state index contributed by atoms with van der Waals surface area (Å²) in [4.78, 5) is 31.6. The molecule has 0 saturated carbocycles. The van der Waals surface area contributed by atoms with Crippen LogP contribution in [0, 0.1) is 5.92 Å². The monoisotopic (exact) mass is 497 g/mol. The zero-order valence-electron chi connectivity index (χ0n) is 18.4. The number of amides is 3. The molecule has 0 radical (unpaired) electrons. The maximum absolute atomic E-state index is 12.6. The Labute approximate surface area is 208 Å². The molecule has 3 N–H and O–H groups in total. The normalized spacial score (nSPS) is 13.9. The number of aromatic nitrogens is 1. The molecular weight excluding hydrogens is 473 g/mol. The van der Waals surface area contributed by atoms with Crippen molar-refractivity contribution in [1.29, 1.82) is 0 Å². The number of hydrogen-bond acceptors (Lipinski definition) is 4. The number of rotatable bonds is 6. The van der Waals surface area contributed by atoms with Crippen LogP contribution in [-0.4, -0.2) is 36.6 Å². The molecule has 3 aromatic rings. The van der Waals surface area contributed by atoms with Crippen LogP contribution in [0.3, 0.4) is 0 Å². The lowest BCUT2D eigenvalue weighted by Crippen LogP contribution is -2.39. The summed E-state index contributed by atoms with van der Waals surface area (Å²) < 4.78 is 0. The number of nitrogens with one attached hydrogen (secondary N) is 3. The van der Waals surface area contributed by atoms with Crippen LogP contribution in [0.15, 0.2) is 67.0 Å². The molecule has 4 rings (SSSR count). The van der Waals surface area contributed by atoms with Crippen LogP contribution in [-0.2, 0) is 0 Å². The van der Waals surface area contributed by atoms with Crippen LogP contribution in [0.2, 0.25) is 10.0 Å². The van der Waals surface area contributed by atoms with Crippen molar-refractivity contribution >= 4 is 52.2 Å². The Morgan fingerprint density at radius 2 is 1.59 bits per heavy atom. The van der Waals surface area contributed by atoms with E-state index in [9.17, 15) is 9.59 Å². The highest BCUT2D eigenvalue weighted by Crippen LogP contribution is 2.26. The van der Waals surface area contributed by atoms with Gasteiger partial charge in [0.15, 0.2) is 0 Å². The summed E-state index contributed by atoms with van der Waals surface area (Å²) in [5.74, 6) is 0.0580. The van der Waals surface area contributed by atoms with E-state index < -0.39 is 0 Å². The van der Waals surface area contributed by atoms with Gasteiger partial charge in [0.25, 0.3) is 5.91 Å². The molecule has 2 aromatic carbocycles. The number of pyridine rings is 1. The van der Waals surface area contributed by atoms with E-state index in [4.69, 9.17) is 23.2 Å². The summed E-state index contributed by atoms with van der Waals surface area (Å²) in [6.07, 6.45) is 5.61. The molecule has 1 aliphatic rings. The molecule has 0 aliphatic carbocycles. The Kier molecular flexibility index (Phi) is 7.87. The minimum Gasteiger partial charge on any atom is -0.371 e. The number of halogens is 2. The third kappa shape index (κ3) is 6.18. The number of anilines is 3. The van der Waals surface area contributed by atoms with Crippen LogP contribution < -0.4 is 20.9 Å². The van der Waals surface area contributed by atoms with Gasteiger partial charge in [0.1, 0.15) is 0 Å². The zero-order valence-corrected chi connectivity index (χ0v) is 19.9. The van der Waals surface area contributed by atoms with Gasteiger partial charge in [-0.05, 0) is 61.2 Å². The number of hydrogen-bond donors (Lipinski definition) is 3. The summed E-state index contributed by atoms with van der Waals surface area (Å²) in [7, 11) is 0. The molecule has 0 atom stereocenters. The summed E-state index contributed by atoms with van der Waals surface area (Å²) in [6.45, 7) is 2.48. The van der Waals surface area contributed by atoms with Gasteiger partial charge in [-0.1, -0.05) is 35.3 Å².